The molecule has 17 heavy (non-hydrogen) atoms. The first-order chi connectivity index (χ1) is 8.16. The molecule has 2 rings (SSSR count). The number of H-pyrrole nitrogens is 1. The van der Waals surface area contributed by atoms with Crippen molar-refractivity contribution >= 4 is 0 Å². The number of rotatable bonds is 5. The van der Waals surface area contributed by atoms with Crippen LogP contribution in [0.2, 0.25) is 0 Å². The van der Waals surface area contributed by atoms with Crippen molar-refractivity contribution in [3.8, 4) is 0 Å². The number of hydrogen-bond donors (Lipinski definition) is 2. The minimum Gasteiger partial charge on any atom is -0.308 e. The Labute approximate surface area is 104 Å². The third kappa shape index (κ3) is 3.30. The largest absolute Gasteiger partial charge is 0.308 e. The van der Waals surface area contributed by atoms with Crippen molar-refractivity contribution in [1.82, 2.24) is 20.4 Å². The van der Waals surface area contributed by atoms with Crippen LogP contribution in [-0.2, 0) is 19.4 Å². The van der Waals surface area contributed by atoms with E-state index in [0.29, 0.717) is 6.04 Å². The molecule has 2 N–H and O–H groups in total. The van der Waals surface area contributed by atoms with Gasteiger partial charge in [0, 0.05) is 24.8 Å². The first-order valence-electron chi connectivity index (χ1n) is 6.60. The highest BCUT2D eigenvalue weighted by Crippen LogP contribution is 2.21. The molecule has 0 amide bonds. The third-order valence-corrected chi connectivity index (χ3v) is 3.40. The van der Waals surface area contributed by atoms with Crippen LogP contribution in [-0.4, -0.2) is 41.8 Å². The molecule has 1 aromatic heterocycles. The highest BCUT2D eigenvalue weighted by atomic mass is 15.1. The van der Waals surface area contributed by atoms with Crippen molar-refractivity contribution in [2.24, 2.45) is 0 Å². The molecule has 0 saturated heterocycles. The molecule has 0 saturated carbocycles. The Morgan fingerprint density at radius 1 is 1.35 bits per heavy atom. The van der Waals surface area contributed by atoms with E-state index >= 15 is 0 Å². The van der Waals surface area contributed by atoms with Gasteiger partial charge in [-0.25, -0.2) is 0 Å². The number of hydrogen-bond acceptors (Lipinski definition) is 3. The lowest BCUT2D eigenvalue weighted by atomic mass is 9.96. The van der Waals surface area contributed by atoms with Crippen LogP contribution >= 0.6 is 0 Å². The minimum absolute atomic E-state index is 0.501. The second-order valence-corrected chi connectivity index (χ2v) is 5.38. The fraction of sp³-hybridized carbons (Fsp3) is 0.769. The van der Waals surface area contributed by atoms with Crippen molar-refractivity contribution in [1.29, 1.82) is 0 Å². The monoisotopic (exact) mass is 236 g/mol. The molecular formula is C13H24N4. The Balaban J connectivity index is 1.88. The molecule has 1 unspecified atom stereocenters. The predicted molar refractivity (Wildman–Crippen MR) is 70.1 cm³/mol. The molecule has 1 heterocycles. The van der Waals surface area contributed by atoms with E-state index in [1.807, 2.05) is 0 Å². The van der Waals surface area contributed by atoms with Gasteiger partial charge in [-0.2, -0.15) is 5.10 Å². The van der Waals surface area contributed by atoms with E-state index in [-0.39, 0.29) is 0 Å². The van der Waals surface area contributed by atoms with Gasteiger partial charge >= 0.3 is 0 Å². The standard InChI is InChI=1S/C13H24N4/c1-10(9-17(2)3)14-8-13-11-6-4-5-7-12(11)15-16-13/h10,14H,4-9H2,1-3H3,(H,15,16). The maximum Gasteiger partial charge on any atom is 0.0794 e. The smallest absolute Gasteiger partial charge is 0.0794 e. The van der Waals surface area contributed by atoms with Crippen LogP contribution in [0.5, 0.6) is 0 Å². The van der Waals surface area contributed by atoms with Gasteiger partial charge in [0.2, 0.25) is 0 Å². The molecule has 1 atom stereocenters. The molecule has 0 aromatic carbocycles. The summed E-state index contributed by atoms with van der Waals surface area (Å²) in [6, 6.07) is 0.501. The van der Waals surface area contributed by atoms with Crippen molar-refractivity contribution < 1.29 is 0 Å². The maximum atomic E-state index is 4.45. The number of fused-ring (bicyclic) bond motifs is 1. The van der Waals surface area contributed by atoms with Crippen molar-refractivity contribution in [3.63, 3.8) is 0 Å². The van der Waals surface area contributed by atoms with Gasteiger partial charge in [0.05, 0.1) is 5.69 Å². The number of nitrogens with one attached hydrogen (secondary N) is 2. The summed E-state index contributed by atoms with van der Waals surface area (Å²) < 4.78 is 0. The third-order valence-electron chi connectivity index (χ3n) is 3.40. The molecule has 96 valence electrons. The Morgan fingerprint density at radius 3 is 2.88 bits per heavy atom. The Morgan fingerprint density at radius 2 is 2.12 bits per heavy atom. The van der Waals surface area contributed by atoms with Crippen LogP contribution in [0.25, 0.3) is 0 Å². The second kappa shape index (κ2) is 5.65. The summed E-state index contributed by atoms with van der Waals surface area (Å²) >= 11 is 0. The lowest BCUT2D eigenvalue weighted by Gasteiger charge is -2.18. The van der Waals surface area contributed by atoms with Gasteiger partial charge in [0.15, 0.2) is 0 Å². The van der Waals surface area contributed by atoms with Crippen LogP contribution in [0.3, 0.4) is 0 Å². The molecular weight excluding hydrogens is 212 g/mol. The van der Waals surface area contributed by atoms with Gasteiger partial charge in [-0.1, -0.05) is 0 Å². The van der Waals surface area contributed by atoms with Crippen LogP contribution in [0.4, 0.5) is 0 Å². The lowest BCUT2D eigenvalue weighted by Crippen LogP contribution is -2.35. The first kappa shape index (κ1) is 12.6. The Kier molecular flexibility index (Phi) is 4.18. The predicted octanol–water partition coefficient (Wildman–Crippen LogP) is 1.33. The summed E-state index contributed by atoms with van der Waals surface area (Å²) in [5, 5.41) is 11.2. The number of aromatic amines is 1. The SMILES string of the molecule is CC(CN(C)C)NCc1n[nH]c2c1CCCC2. The van der Waals surface area contributed by atoms with Crippen LogP contribution in [0.15, 0.2) is 0 Å². The summed E-state index contributed by atoms with van der Waals surface area (Å²) in [6.07, 6.45) is 4.99. The van der Waals surface area contributed by atoms with Crippen molar-refractivity contribution in [3.05, 3.63) is 17.0 Å². The molecule has 1 aliphatic carbocycles. The van der Waals surface area contributed by atoms with E-state index in [4.69, 9.17) is 0 Å². The average Bonchev–Trinajstić information content (AvgIpc) is 2.69. The Hall–Kier alpha value is -0.870. The maximum absolute atomic E-state index is 4.45. The molecule has 0 radical (unpaired) electrons. The second-order valence-electron chi connectivity index (χ2n) is 5.38. The fourth-order valence-corrected chi connectivity index (χ4v) is 2.58. The zero-order valence-corrected chi connectivity index (χ0v) is 11.2. The first-order valence-corrected chi connectivity index (χ1v) is 6.60. The average molecular weight is 236 g/mol. The number of likely N-dealkylation sites (N-methyl/N-ethyl adjacent to an activating group) is 1. The summed E-state index contributed by atoms with van der Waals surface area (Å²) in [5.74, 6) is 0. The normalized spacial score (nSPS) is 17.2. The highest BCUT2D eigenvalue weighted by Gasteiger charge is 2.16. The van der Waals surface area contributed by atoms with Crippen molar-refractivity contribution in [2.45, 2.75) is 45.2 Å². The summed E-state index contributed by atoms with van der Waals surface area (Å²) in [6.45, 7) is 4.17. The van der Waals surface area contributed by atoms with Gasteiger partial charge in [-0.15, -0.1) is 0 Å². The van der Waals surface area contributed by atoms with E-state index in [9.17, 15) is 0 Å². The van der Waals surface area contributed by atoms with Crippen LogP contribution < -0.4 is 5.32 Å². The molecule has 0 spiro atoms. The number of nitrogens with zero attached hydrogens (tertiary/aromatic N) is 2. The van der Waals surface area contributed by atoms with E-state index in [0.717, 1.165) is 13.1 Å². The van der Waals surface area contributed by atoms with E-state index in [1.54, 1.807) is 0 Å². The van der Waals surface area contributed by atoms with Crippen LogP contribution in [0.1, 0.15) is 36.7 Å². The zero-order valence-electron chi connectivity index (χ0n) is 11.2. The molecule has 4 heteroatoms. The summed E-state index contributed by atoms with van der Waals surface area (Å²) in [4.78, 5) is 2.21. The summed E-state index contributed by atoms with van der Waals surface area (Å²) in [5.41, 5.74) is 4.07. The number of aryl methyl sites for hydroxylation is 1. The molecule has 0 bridgehead atoms. The van der Waals surface area contributed by atoms with Gasteiger partial charge in [0.25, 0.3) is 0 Å². The molecule has 4 nitrogen and oxygen atoms in total. The van der Waals surface area contributed by atoms with Crippen LogP contribution in [0, 0.1) is 0 Å². The molecule has 0 aliphatic heterocycles. The van der Waals surface area contributed by atoms with Gasteiger partial charge in [0.1, 0.15) is 0 Å². The zero-order chi connectivity index (χ0) is 12.3. The van der Waals surface area contributed by atoms with E-state index < -0.39 is 0 Å². The van der Waals surface area contributed by atoms with Gasteiger partial charge in [-0.05, 0) is 52.3 Å². The minimum atomic E-state index is 0.501. The Bertz CT molecular complexity index is 356. The van der Waals surface area contributed by atoms with Gasteiger partial charge < -0.3 is 10.2 Å². The highest BCUT2D eigenvalue weighted by molar-refractivity contribution is 5.27. The fourth-order valence-electron chi connectivity index (χ4n) is 2.58. The molecule has 1 aromatic rings. The van der Waals surface area contributed by atoms with Crippen molar-refractivity contribution in [2.75, 3.05) is 20.6 Å². The number of aromatic nitrogens is 2. The topological polar surface area (TPSA) is 44.0 Å². The van der Waals surface area contributed by atoms with E-state index in [1.165, 1.54) is 42.6 Å². The van der Waals surface area contributed by atoms with Gasteiger partial charge in [-0.3, -0.25) is 5.10 Å². The summed E-state index contributed by atoms with van der Waals surface area (Å²) in [7, 11) is 4.21. The van der Waals surface area contributed by atoms with E-state index in [2.05, 4.69) is 41.4 Å². The molecule has 1 aliphatic rings. The lowest BCUT2D eigenvalue weighted by molar-refractivity contribution is 0.348. The molecule has 0 fully saturated rings. The quantitative estimate of drug-likeness (QED) is 0.810.